The summed E-state index contributed by atoms with van der Waals surface area (Å²) in [4.78, 5) is 4.22. The predicted molar refractivity (Wildman–Crippen MR) is 90.9 cm³/mol. The molecule has 3 nitrogen and oxygen atoms in total. The fraction of sp³-hybridized carbons (Fsp3) is 0.929. The average molecular weight is 367 g/mol. The van der Waals surface area contributed by atoms with Crippen LogP contribution in [-0.2, 0) is 0 Å². The minimum atomic E-state index is 0. The van der Waals surface area contributed by atoms with E-state index in [9.17, 15) is 0 Å². The first-order valence-electron chi connectivity index (χ1n) is 7.19. The summed E-state index contributed by atoms with van der Waals surface area (Å²) in [6, 6.07) is 0.687. The van der Waals surface area contributed by atoms with Crippen molar-refractivity contribution in [2.24, 2.45) is 10.9 Å². The van der Waals surface area contributed by atoms with Crippen molar-refractivity contribution in [3.63, 3.8) is 0 Å². The third kappa shape index (κ3) is 9.97. The molecule has 0 aromatic heterocycles. The Hall–Kier alpha value is 0. The summed E-state index contributed by atoms with van der Waals surface area (Å²) in [5.74, 6) is 1.84. The quantitative estimate of drug-likeness (QED) is 0.298. The van der Waals surface area contributed by atoms with E-state index < -0.39 is 0 Å². The van der Waals surface area contributed by atoms with Gasteiger partial charge < -0.3 is 10.6 Å². The van der Waals surface area contributed by atoms with Gasteiger partial charge in [-0.15, -0.1) is 24.0 Å². The van der Waals surface area contributed by atoms with Crippen molar-refractivity contribution in [3.05, 3.63) is 0 Å². The second-order valence-electron chi connectivity index (χ2n) is 5.51. The zero-order chi connectivity index (χ0) is 12.5. The minimum Gasteiger partial charge on any atom is -0.356 e. The Morgan fingerprint density at radius 2 is 1.83 bits per heavy atom. The lowest BCUT2D eigenvalue weighted by Crippen LogP contribution is -2.38. The maximum atomic E-state index is 4.22. The van der Waals surface area contributed by atoms with Crippen molar-refractivity contribution in [2.45, 2.75) is 64.8 Å². The van der Waals surface area contributed by atoms with Crippen LogP contribution in [0.3, 0.4) is 0 Å². The van der Waals surface area contributed by atoms with Crippen molar-refractivity contribution < 1.29 is 0 Å². The molecule has 0 atom stereocenters. The molecule has 4 heteroatoms. The van der Waals surface area contributed by atoms with Crippen LogP contribution in [-0.4, -0.2) is 25.6 Å². The molecule has 1 saturated carbocycles. The average Bonchev–Trinajstić information content (AvgIpc) is 3.09. The van der Waals surface area contributed by atoms with Crippen LogP contribution in [0.2, 0.25) is 0 Å². The van der Waals surface area contributed by atoms with Crippen molar-refractivity contribution in [1.29, 1.82) is 0 Å². The van der Waals surface area contributed by atoms with Crippen molar-refractivity contribution in [1.82, 2.24) is 10.6 Å². The molecule has 0 aliphatic heterocycles. The molecule has 18 heavy (non-hydrogen) atoms. The van der Waals surface area contributed by atoms with Crippen molar-refractivity contribution >= 4 is 29.9 Å². The number of halogens is 1. The van der Waals surface area contributed by atoms with Gasteiger partial charge in [0.05, 0.1) is 0 Å². The summed E-state index contributed by atoms with van der Waals surface area (Å²) in [6.45, 7) is 5.65. The molecule has 0 saturated heterocycles. The number of unbranched alkanes of at least 4 members (excludes halogenated alkanes) is 3. The molecule has 2 N–H and O–H groups in total. The smallest absolute Gasteiger partial charge is 0.191 e. The SMILES string of the molecule is CN=C(NCCCCCCC(C)C)NC1CC1.I. The normalized spacial score (nSPS) is 15.4. The van der Waals surface area contributed by atoms with Crippen LogP contribution in [0.15, 0.2) is 4.99 Å². The second-order valence-corrected chi connectivity index (χ2v) is 5.51. The molecule has 108 valence electrons. The van der Waals surface area contributed by atoms with Crippen molar-refractivity contribution in [2.75, 3.05) is 13.6 Å². The molecule has 0 amide bonds. The van der Waals surface area contributed by atoms with Gasteiger partial charge in [-0.1, -0.05) is 39.5 Å². The van der Waals surface area contributed by atoms with Gasteiger partial charge in [0.1, 0.15) is 0 Å². The molecule has 0 spiro atoms. The lowest BCUT2D eigenvalue weighted by Gasteiger charge is -2.10. The Kier molecular flexibility index (Phi) is 10.9. The van der Waals surface area contributed by atoms with Gasteiger partial charge in [0.15, 0.2) is 5.96 Å². The van der Waals surface area contributed by atoms with E-state index in [1.54, 1.807) is 0 Å². The fourth-order valence-electron chi connectivity index (χ4n) is 1.85. The van der Waals surface area contributed by atoms with Crippen LogP contribution in [0.4, 0.5) is 0 Å². The van der Waals surface area contributed by atoms with Gasteiger partial charge in [0, 0.05) is 19.6 Å². The van der Waals surface area contributed by atoms with E-state index in [1.165, 1.54) is 44.9 Å². The Labute approximate surface area is 130 Å². The summed E-state index contributed by atoms with van der Waals surface area (Å²) in [6.07, 6.45) is 9.31. The molecule has 0 heterocycles. The van der Waals surface area contributed by atoms with Crippen molar-refractivity contribution in [3.8, 4) is 0 Å². The van der Waals surface area contributed by atoms with E-state index in [1.807, 2.05) is 7.05 Å². The van der Waals surface area contributed by atoms with Crippen LogP contribution in [0.5, 0.6) is 0 Å². The summed E-state index contributed by atoms with van der Waals surface area (Å²) >= 11 is 0. The van der Waals surface area contributed by atoms with Crippen LogP contribution in [0.25, 0.3) is 0 Å². The van der Waals surface area contributed by atoms with E-state index >= 15 is 0 Å². The monoisotopic (exact) mass is 367 g/mol. The highest BCUT2D eigenvalue weighted by atomic mass is 127. The van der Waals surface area contributed by atoms with E-state index in [0.29, 0.717) is 6.04 Å². The largest absolute Gasteiger partial charge is 0.356 e. The van der Waals surface area contributed by atoms with Gasteiger partial charge in [-0.3, -0.25) is 4.99 Å². The maximum Gasteiger partial charge on any atom is 0.191 e. The predicted octanol–water partition coefficient (Wildman–Crippen LogP) is 3.54. The van der Waals surface area contributed by atoms with Crippen LogP contribution in [0, 0.1) is 5.92 Å². The Morgan fingerprint density at radius 3 is 2.39 bits per heavy atom. The molecule has 1 aliphatic carbocycles. The van der Waals surface area contributed by atoms with Gasteiger partial charge in [-0.05, 0) is 25.2 Å². The van der Waals surface area contributed by atoms with E-state index in [2.05, 4.69) is 29.5 Å². The zero-order valence-electron chi connectivity index (χ0n) is 12.2. The van der Waals surface area contributed by atoms with Crippen LogP contribution < -0.4 is 10.6 Å². The molecule has 1 rings (SSSR count). The van der Waals surface area contributed by atoms with Gasteiger partial charge in [0.2, 0.25) is 0 Å². The first-order chi connectivity index (χ1) is 8.22. The second kappa shape index (κ2) is 10.9. The Bertz CT molecular complexity index is 225. The lowest BCUT2D eigenvalue weighted by atomic mass is 10.0. The summed E-state index contributed by atoms with van der Waals surface area (Å²) in [5.41, 5.74) is 0. The summed E-state index contributed by atoms with van der Waals surface area (Å²) < 4.78 is 0. The highest BCUT2D eigenvalue weighted by Crippen LogP contribution is 2.18. The number of hydrogen-bond donors (Lipinski definition) is 2. The fourth-order valence-corrected chi connectivity index (χ4v) is 1.85. The third-order valence-corrected chi connectivity index (χ3v) is 3.14. The topological polar surface area (TPSA) is 36.4 Å². The molecule has 1 aliphatic rings. The highest BCUT2D eigenvalue weighted by molar-refractivity contribution is 14.0. The van der Waals surface area contributed by atoms with Gasteiger partial charge >= 0.3 is 0 Å². The van der Waals surface area contributed by atoms with E-state index in [0.717, 1.165) is 18.4 Å². The lowest BCUT2D eigenvalue weighted by molar-refractivity contribution is 0.518. The van der Waals surface area contributed by atoms with E-state index in [4.69, 9.17) is 0 Å². The summed E-state index contributed by atoms with van der Waals surface area (Å²) in [5, 5.41) is 6.78. The molecule has 0 aromatic rings. The standard InChI is InChI=1S/C14H29N3.HI/c1-12(2)8-6-4-5-7-11-16-14(15-3)17-13-9-10-13;/h12-13H,4-11H2,1-3H3,(H2,15,16,17);1H. The first-order valence-corrected chi connectivity index (χ1v) is 7.19. The number of rotatable bonds is 8. The molecule has 0 unspecified atom stereocenters. The maximum absolute atomic E-state index is 4.22. The van der Waals surface area contributed by atoms with E-state index in [-0.39, 0.29) is 24.0 Å². The highest BCUT2D eigenvalue weighted by Gasteiger charge is 2.21. The molecule has 0 radical (unpaired) electrons. The number of aliphatic imine (C=N–C) groups is 1. The molecule has 0 aromatic carbocycles. The van der Waals surface area contributed by atoms with Gasteiger partial charge in [-0.25, -0.2) is 0 Å². The number of guanidine groups is 1. The number of nitrogens with zero attached hydrogens (tertiary/aromatic N) is 1. The molecule has 1 fully saturated rings. The van der Waals surface area contributed by atoms with Gasteiger partial charge in [-0.2, -0.15) is 0 Å². The molecular weight excluding hydrogens is 337 g/mol. The number of nitrogens with one attached hydrogen (secondary N) is 2. The molecule has 0 bridgehead atoms. The third-order valence-electron chi connectivity index (χ3n) is 3.14. The zero-order valence-corrected chi connectivity index (χ0v) is 14.5. The molecular formula is C14H30IN3. The minimum absolute atomic E-state index is 0. The Morgan fingerprint density at radius 1 is 1.17 bits per heavy atom. The van der Waals surface area contributed by atoms with Gasteiger partial charge in [0.25, 0.3) is 0 Å². The number of hydrogen-bond acceptors (Lipinski definition) is 1. The first kappa shape index (κ1) is 18.0. The van der Waals surface area contributed by atoms with Crippen LogP contribution in [0.1, 0.15) is 58.8 Å². The Balaban J connectivity index is 0.00000289. The van der Waals surface area contributed by atoms with Crippen LogP contribution >= 0.6 is 24.0 Å². The summed E-state index contributed by atoms with van der Waals surface area (Å²) in [7, 11) is 1.85.